The summed E-state index contributed by atoms with van der Waals surface area (Å²) in [5, 5.41) is 0. The molecule has 0 amide bonds. The van der Waals surface area contributed by atoms with E-state index in [-0.39, 0.29) is 12.1 Å². The Labute approximate surface area is 217 Å². The predicted molar refractivity (Wildman–Crippen MR) is 145 cm³/mol. The van der Waals surface area contributed by atoms with Gasteiger partial charge in [0.05, 0.1) is 18.3 Å². The summed E-state index contributed by atoms with van der Waals surface area (Å²) >= 11 is 0. The summed E-state index contributed by atoms with van der Waals surface area (Å²) in [6.07, 6.45) is 12.8. The van der Waals surface area contributed by atoms with Crippen LogP contribution in [0.2, 0.25) is 0 Å². The van der Waals surface area contributed by atoms with E-state index in [0.717, 1.165) is 37.0 Å². The Bertz CT molecular complexity index is 873. The fraction of sp³-hybridized carbons (Fsp3) is 0.548. The van der Waals surface area contributed by atoms with Gasteiger partial charge >= 0.3 is 11.9 Å². The summed E-state index contributed by atoms with van der Waals surface area (Å²) in [6.45, 7) is 6.82. The largest absolute Gasteiger partial charge is 0.494 e. The van der Waals surface area contributed by atoms with Crippen molar-refractivity contribution in [2.24, 2.45) is 0 Å². The molecule has 0 fully saturated rings. The van der Waals surface area contributed by atoms with Crippen LogP contribution in [0.25, 0.3) is 0 Å². The Morgan fingerprint density at radius 3 is 2.00 bits per heavy atom. The fourth-order valence-electron chi connectivity index (χ4n) is 3.92. The van der Waals surface area contributed by atoms with Crippen LogP contribution in [0, 0.1) is 0 Å². The van der Waals surface area contributed by atoms with Gasteiger partial charge in [0.2, 0.25) is 0 Å². The van der Waals surface area contributed by atoms with E-state index in [1.165, 1.54) is 44.9 Å². The molecule has 0 saturated heterocycles. The van der Waals surface area contributed by atoms with Gasteiger partial charge in [-0.15, -0.1) is 0 Å². The molecular weight excluding hydrogens is 452 g/mol. The third kappa shape index (κ3) is 12.2. The van der Waals surface area contributed by atoms with Gasteiger partial charge in [0.25, 0.3) is 0 Å². The number of hydrogen-bond acceptors (Lipinski definition) is 5. The summed E-state index contributed by atoms with van der Waals surface area (Å²) in [5.41, 5.74) is 1.59. The monoisotopic (exact) mass is 496 g/mol. The van der Waals surface area contributed by atoms with E-state index in [9.17, 15) is 9.59 Å². The van der Waals surface area contributed by atoms with Crippen molar-refractivity contribution in [1.82, 2.24) is 0 Å². The number of unbranched alkanes of at least 4 members (excludes halogenated alkanes) is 7. The molecule has 0 aliphatic carbocycles. The summed E-state index contributed by atoms with van der Waals surface area (Å²) in [4.78, 5) is 24.1. The van der Waals surface area contributed by atoms with Crippen molar-refractivity contribution < 1.29 is 23.8 Å². The number of rotatable bonds is 18. The molecule has 0 heterocycles. The molecule has 2 aromatic rings. The molecule has 2 aromatic carbocycles. The lowest BCUT2D eigenvalue weighted by Gasteiger charge is -2.13. The molecule has 5 heteroatoms. The van der Waals surface area contributed by atoms with Crippen molar-refractivity contribution in [3.8, 4) is 11.5 Å². The summed E-state index contributed by atoms with van der Waals surface area (Å²) in [6, 6.07) is 14.6. The third-order valence-corrected chi connectivity index (χ3v) is 6.12. The maximum Gasteiger partial charge on any atom is 0.343 e. The van der Waals surface area contributed by atoms with Gasteiger partial charge in [0.1, 0.15) is 11.5 Å². The highest BCUT2D eigenvalue weighted by Crippen LogP contribution is 2.18. The standard InChI is InChI=1S/C31H44O5/c1-4-6-7-8-9-10-11-12-24-34-28-22-18-27(19-23-28)31(33)36-29-20-16-26(17-21-29)15-14-25(3)35-30(32)13-5-2/h16-23,25H,4-15,24H2,1-3H3. The molecule has 0 bridgehead atoms. The normalized spacial score (nSPS) is 11.6. The number of hydrogen-bond donors (Lipinski definition) is 0. The average molecular weight is 497 g/mol. The quantitative estimate of drug-likeness (QED) is 0.119. The van der Waals surface area contributed by atoms with Gasteiger partial charge in [0.15, 0.2) is 0 Å². The summed E-state index contributed by atoms with van der Waals surface area (Å²) in [7, 11) is 0. The van der Waals surface area contributed by atoms with E-state index >= 15 is 0 Å². The molecule has 0 saturated carbocycles. The van der Waals surface area contributed by atoms with Gasteiger partial charge < -0.3 is 14.2 Å². The number of esters is 2. The van der Waals surface area contributed by atoms with Gasteiger partial charge in [-0.3, -0.25) is 4.79 Å². The van der Waals surface area contributed by atoms with Crippen molar-refractivity contribution in [3.63, 3.8) is 0 Å². The van der Waals surface area contributed by atoms with Crippen LogP contribution in [0.4, 0.5) is 0 Å². The molecule has 36 heavy (non-hydrogen) atoms. The van der Waals surface area contributed by atoms with Crippen LogP contribution in [0.15, 0.2) is 48.5 Å². The van der Waals surface area contributed by atoms with Gasteiger partial charge in [-0.2, -0.15) is 0 Å². The number of carbonyl (C=O) groups is 2. The van der Waals surface area contributed by atoms with E-state index in [2.05, 4.69) is 6.92 Å². The molecule has 0 aliphatic heterocycles. The molecule has 5 nitrogen and oxygen atoms in total. The van der Waals surface area contributed by atoms with Gasteiger partial charge in [0, 0.05) is 6.42 Å². The average Bonchev–Trinajstić information content (AvgIpc) is 2.88. The summed E-state index contributed by atoms with van der Waals surface area (Å²) in [5.74, 6) is 0.735. The third-order valence-electron chi connectivity index (χ3n) is 6.12. The zero-order valence-corrected chi connectivity index (χ0v) is 22.4. The smallest absolute Gasteiger partial charge is 0.343 e. The van der Waals surface area contributed by atoms with Crippen molar-refractivity contribution in [2.45, 2.75) is 104 Å². The molecule has 0 spiro atoms. The van der Waals surface area contributed by atoms with E-state index in [1.807, 2.05) is 38.1 Å². The highest BCUT2D eigenvalue weighted by atomic mass is 16.5. The van der Waals surface area contributed by atoms with Crippen LogP contribution in [-0.4, -0.2) is 24.6 Å². The Morgan fingerprint density at radius 2 is 1.36 bits per heavy atom. The maximum absolute atomic E-state index is 12.5. The van der Waals surface area contributed by atoms with E-state index in [1.54, 1.807) is 24.3 Å². The molecule has 1 unspecified atom stereocenters. The Balaban J connectivity index is 1.67. The van der Waals surface area contributed by atoms with Gasteiger partial charge in [-0.25, -0.2) is 4.79 Å². The van der Waals surface area contributed by atoms with Crippen LogP contribution in [0.1, 0.15) is 107 Å². The van der Waals surface area contributed by atoms with Crippen molar-refractivity contribution >= 4 is 11.9 Å². The van der Waals surface area contributed by atoms with Crippen molar-refractivity contribution in [2.75, 3.05) is 6.61 Å². The second-order valence-electron chi connectivity index (χ2n) is 9.47. The Hall–Kier alpha value is -2.82. The Morgan fingerprint density at radius 1 is 0.750 bits per heavy atom. The molecule has 198 valence electrons. The number of aryl methyl sites for hydroxylation is 1. The van der Waals surface area contributed by atoms with Crippen molar-refractivity contribution in [1.29, 1.82) is 0 Å². The lowest BCUT2D eigenvalue weighted by atomic mass is 10.1. The number of benzene rings is 2. The van der Waals surface area contributed by atoms with E-state index in [0.29, 0.717) is 24.3 Å². The SMILES string of the molecule is CCCCCCCCCCOc1ccc(C(=O)Oc2ccc(CCC(C)OC(=O)CCC)cc2)cc1. The predicted octanol–water partition coefficient (Wildman–Crippen LogP) is 8.09. The molecule has 1 atom stereocenters. The lowest BCUT2D eigenvalue weighted by molar-refractivity contribution is -0.148. The van der Waals surface area contributed by atoms with Gasteiger partial charge in [-0.1, -0.05) is 70.9 Å². The first-order valence-corrected chi connectivity index (χ1v) is 13.7. The second-order valence-corrected chi connectivity index (χ2v) is 9.47. The first kappa shape index (κ1) is 29.4. The molecule has 0 N–H and O–H groups in total. The number of ether oxygens (including phenoxy) is 3. The van der Waals surface area contributed by atoms with Crippen LogP contribution >= 0.6 is 0 Å². The fourth-order valence-corrected chi connectivity index (χ4v) is 3.92. The minimum Gasteiger partial charge on any atom is -0.494 e. The first-order chi connectivity index (χ1) is 17.5. The Kier molecular flexibility index (Phi) is 14.4. The molecule has 0 aromatic heterocycles. The van der Waals surface area contributed by atoms with Gasteiger partial charge in [-0.05, 0) is 74.6 Å². The van der Waals surface area contributed by atoms with E-state index < -0.39 is 5.97 Å². The maximum atomic E-state index is 12.5. The highest BCUT2D eigenvalue weighted by molar-refractivity contribution is 5.91. The van der Waals surface area contributed by atoms with Crippen LogP contribution in [-0.2, 0) is 16.0 Å². The minimum atomic E-state index is -0.395. The zero-order valence-electron chi connectivity index (χ0n) is 22.4. The highest BCUT2D eigenvalue weighted by Gasteiger charge is 2.11. The zero-order chi connectivity index (χ0) is 26.0. The minimum absolute atomic E-state index is 0.117. The van der Waals surface area contributed by atoms with Crippen molar-refractivity contribution in [3.05, 3.63) is 59.7 Å². The van der Waals surface area contributed by atoms with Crippen LogP contribution < -0.4 is 9.47 Å². The second kappa shape index (κ2) is 17.6. The first-order valence-electron chi connectivity index (χ1n) is 13.7. The van der Waals surface area contributed by atoms with E-state index in [4.69, 9.17) is 14.2 Å². The molecule has 2 rings (SSSR count). The lowest BCUT2D eigenvalue weighted by Crippen LogP contribution is -2.15. The summed E-state index contributed by atoms with van der Waals surface area (Å²) < 4.78 is 16.7. The topological polar surface area (TPSA) is 61.8 Å². The molecular formula is C31H44O5. The number of carbonyl (C=O) groups excluding carboxylic acids is 2. The molecule has 0 aliphatic rings. The molecule has 0 radical (unpaired) electrons. The van der Waals surface area contributed by atoms with Crippen LogP contribution in [0.5, 0.6) is 11.5 Å². The van der Waals surface area contributed by atoms with Crippen LogP contribution in [0.3, 0.4) is 0 Å².